The van der Waals surface area contributed by atoms with Crippen molar-refractivity contribution in [1.29, 1.82) is 0 Å². The van der Waals surface area contributed by atoms with Gasteiger partial charge in [-0.25, -0.2) is 9.18 Å². The van der Waals surface area contributed by atoms with Crippen LogP contribution in [0.1, 0.15) is 40.8 Å². The highest BCUT2D eigenvalue weighted by atomic mass is 35.5. The second-order valence-electron chi connectivity index (χ2n) is 7.43. The number of hydrogen-bond donors (Lipinski definition) is 2. The van der Waals surface area contributed by atoms with E-state index in [9.17, 15) is 23.9 Å². The third kappa shape index (κ3) is 7.03. The molecular weight excluding hydrogens is 534 g/mol. The number of primary amides is 1. The Morgan fingerprint density at radius 3 is 2.72 bits per heavy atom. The lowest BCUT2D eigenvalue weighted by atomic mass is 10.0. The summed E-state index contributed by atoms with van der Waals surface area (Å²) in [6, 6.07) is 4.99. The molecule has 0 atom stereocenters. The molecule has 0 radical (unpaired) electrons. The fourth-order valence-corrected chi connectivity index (χ4v) is 4.28. The SMILES string of the molecule is C/C(=C\c1sc(Oc2ccc(F)c(Cl)c2)nc1Cl)C(=O)c1c(O)cc(CCC/C=C/C(N)=O)oc1=O. The quantitative estimate of drug-likeness (QED) is 0.187. The molecule has 0 saturated heterocycles. The third-order valence-electron chi connectivity index (χ3n) is 4.68. The van der Waals surface area contributed by atoms with Gasteiger partial charge in [0.15, 0.2) is 10.9 Å². The monoisotopic (exact) mass is 552 g/mol. The topological polar surface area (TPSA) is 133 Å². The summed E-state index contributed by atoms with van der Waals surface area (Å²) in [5.74, 6) is -2.00. The maximum atomic E-state index is 13.3. The van der Waals surface area contributed by atoms with Gasteiger partial charge in [0.05, 0.1) is 9.90 Å². The number of allylic oxidation sites excluding steroid dienone is 2. The molecule has 36 heavy (non-hydrogen) atoms. The summed E-state index contributed by atoms with van der Waals surface area (Å²) in [6.07, 6.45) is 5.54. The maximum absolute atomic E-state index is 13.3. The van der Waals surface area contributed by atoms with E-state index < -0.39 is 34.4 Å². The summed E-state index contributed by atoms with van der Waals surface area (Å²) in [5.41, 5.74) is 3.60. The van der Waals surface area contributed by atoms with E-state index in [2.05, 4.69) is 4.98 Å². The van der Waals surface area contributed by atoms with Crippen LogP contribution in [0.3, 0.4) is 0 Å². The first-order valence-corrected chi connectivity index (χ1v) is 12.0. The molecule has 0 aliphatic carbocycles. The first-order chi connectivity index (χ1) is 17.0. The number of ketones is 1. The van der Waals surface area contributed by atoms with Crippen LogP contribution in [-0.4, -0.2) is 21.8 Å². The molecule has 12 heteroatoms. The number of nitrogens with zero attached hydrogens (tertiary/aromatic N) is 1. The highest BCUT2D eigenvalue weighted by molar-refractivity contribution is 7.14. The number of unbranched alkanes of at least 4 members (excludes halogenated alkanes) is 1. The molecule has 1 amide bonds. The smallest absolute Gasteiger partial charge is 0.351 e. The van der Waals surface area contributed by atoms with Crippen LogP contribution in [0, 0.1) is 5.82 Å². The summed E-state index contributed by atoms with van der Waals surface area (Å²) < 4.78 is 24.0. The Morgan fingerprint density at radius 1 is 1.31 bits per heavy atom. The van der Waals surface area contributed by atoms with E-state index in [4.69, 9.17) is 38.1 Å². The summed E-state index contributed by atoms with van der Waals surface area (Å²) in [4.78, 5) is 40.4. The second kappa shape index (κ2) is 12.0. The van der Waals surface area contributed by atoms with Gasteiger partial charge in [0, 0.05) is 18.6 Å². The van der Waals surface area contributed by atoms with Gasteiger partial charge in [-0.3, -0.25) is 9.59 Å². The molecule has 3 N–H and O–H groups in total. The summed E-state index contributed by atoms with van der Waals surface area (Å²) >= 11 is 12.9. The van der Waals surface area contributed by atoms with Gasteiger partial charge in [-0.15, -0.1) is 0 Å². The molecule has 3 aromatic rings. The number of carbonyl (C=O) groups is 2. The average molecular weight is 553 g/mol. The fraction of sp³-hybridized carbons (Fsp3) is 0.167. The maximum Gasteiger partial charge on any atom is 0.351 e. The van der Waals surface area contributed by atoms with Crippen molar-refractivity contribution in [2.24, 2.45) is 5.73 Å². The molecule has 0 aliphatic heterocycles. The number of benzene rings is 1. The molecule has 0 unspecified atom stereocenters. The molecule has 188 valence electrons. The molecule has 3 rings (SSSR count). The number of Topliss-reactive ketones (excluding diaryl/α,β-unsaturated/α-hetero) is 1. The zero-order chi connectivity index (χ0) is 26.4. The number of nitrogens with two attached hydrogens (primary N) is 1. The van der Waals surface area contributed by atoms with Gasteiger partial charge >= 0.3 is 5.63 Å². The van der Waals surface area contributed by atoms with Crippen molar-refractivity contribution in [3.05, 3.63) is 84.6 Å². The molecule has 0 aliphatic rings. The zero-order valence-electron chi connectivity index (χ0n) is 18.7. The number of ether oxygens (including phenoxy) is 1. The Morgan fingerprint density at radius 2 is 2.06 bits per heavy atom. The van der Waals surface area contributed by atoms with Gasteiger partial charge in [0.1, 0.15) is 28.6 Å². The van der Waals surface area contributed by atoms with Gasteiger partial charge in [-0.05, 0) is 49.6 Å². The average Bonchev–Trinajstić information content (AvgIpc) is 3.13. The molecule has 2 heterocycles. The Kier molecular flexibility index (Phi) is 9.03. The van der Waals surface area contributed by atoms with Gasteiger partial charge in [0.2, 0.25) is 5.91 Å². The number of amides is 1. The van der Waals surface area contributed by atoms with Crippen molar-refractivity contribution >= 4 is 52.3 Å². The highest BCUT2D eigenvalue weighted by Gasteiger charge is 2.21. The van der Waals surface area contributed by atoms with Crippen molar-refractivity contribution in [3.63, 3.8) is 0 Å². The number of rotatable bonds is 10. The number of carbonyl (C=O) groups excluding carboxylic acids is 2. The van der Waals surface area contributed by atoms with Crippen LogP contribution < -0.4 is 16.1 Å². The predicted molar refractivity (Wildman–Crippen MR) is 135 cm³/mol. The Bertz CT molecular complexity index is 1430. The van der Waals surface area contributed by atoms with Gasteiger partial charge in [-0.1, -0.05) is 40.6 Å². The summed E-state index contributed by atoms with van der Waals surface area (Å²) in [7, 11) is 0. The van der Waals surface area contributed by atoms with Crippen LogP contribution >= 0.6 is 34.5 Å². The predicted octanol–water partition coefficient (Wildman–Crippen LogP) is 5.69. The van der Waals surface area contributed by atoms with E-state index in [0.717, 1.165) is 17.4 Å². The van der Waals surface area contributed by atoms with E-state index >= 15 is 0 Å². The molecule has 8 nitrogen and oxygen atoms in total. The van der Waals surface area contributed by atoms with E-state index in [-0.39, 0.29) is 32.5 Å². The lowest BCUT2D eigenvalue weighted by molar-refractivity contribution is -0.113. The highest BCUT2D eigenvalue weighted by Crippen LogP contribution is 2.35. The molecule has 0 spiro atoms. The van der Waals surface area contributed by atoms with Crippen LogP contribution in [0.25, 0.3) is 6.08 Å². The van der Waals surface area contributed by atoms with Gasteiger partial charge < -0.3 is 20.0 Å². The summed E-state index contributed by atoms with van der Waals surface area (Å²) in [6.45, 7) is 1.44. The molecular formula is C24H19Cl2FN2O6S. The number of aromatic hydroxyl groups is 1. The Balaban J connectivity index is 1.74. The first kappa shape index (κ1) is 27.1. The fourth-order valence-electron chi connectivity index (χ4n) is 2.98. The number of halogens is 3. The van der Waals surface area contributed by atoms with Gasteiger partial charge in [0.25, 0.3) is 5.19 Å². The lowest BCUT2D eigenvalue weighted by Gasteiger charge is -2.05. The van der Waals surface area contributed by atoms with Crippen molar-refractivity contribution < 1.29 is 28.2 Å². The molecule has 2 aromatic heterocycles. The Labute approximate surface area is 218 Å². The number of aryl methyl sites for hydroxylation is 1. The minimum Gasteiger partial charge on any atom is -0.507 e. The molecule has 0 fully saturated rings. The normalized spacial score (nSPS) is 11.7. The van der Waals surface area contributed by atoms with Crippen LogP contribution in [0.4, 0.5) is 4.39 Å². The van der Waals surface area contributed by atoms with Crippen molar-refractivity contribution in [2.75, 3.05) is 0 Å². The van der Waals surface area contributed by atoms with Crippen molar-refractivity contribution in [1.82, 2.24) is 4.98 Å². The molecule has 1 aromatic carbocycles. The van der Waals surface area contributed by atoms with Gasteiger partial charge in [-0.2, -0.15) is 4.98 Å². The van der Waals surface area contributed by atoms with Crippen molar-refractivity contribution in [2.45, 2.75) is 26.2 Å². The van der Waals surface area contributed by atoms with Crippen molar-refractivity contribution in [3.8, 4) is 16.7 Å². The van der Waals surface area contributed by atoms with E-state index in [1.54, 1.807) is 6.08 Å². The number of hydrogen-bond acceptors (Lipinski definition) is 8. The number of aromatic nitrogens is 1. The Hall–Kier alpha value is -3.47. The molecule has 0 bridgehead atoms. The lowest BCUT2D eigenvalue weighted by Crippen LogP contribution is -2.16. The minimum absolute atomic E-state index is 0.0346. The molecule has 0 saturated carbocycles. The minimum atomic E-state index is -0.983. The standard InChI is InChI=1S/C24H19Cl2FN2O6S/c1-12(9-18-22(26)29-24(36-18)35-14-7-8-16(27)15(25)10-14)21(32)20-17(30)11-13(34-23(20)33)5-3-2-4-6-19(28)31/h4,6-11,30H,2-3,5H2,1H3,(H2,28,31)/b6-4+,12-9+. The van der Waals surface area contributed by atoms with E-state index in [0.29, 0.717) is 24.1 Å². The third-order valence-corrected chi connectivity index (χ3v) is 6.25. The second-order valence-corrected chi connectivity index (χ2v) is 9.19. The van der Waals surface area contributed by atoms with E-state index in [1.807, 2.05) is 0 Å². The van der Waals surface area contributed by atoms with Crippen LogP contribution in [0.5, 0.6) is 16.7 Å². The first-order valence-electron chi connectivity index (χ1n) is 10.4. The zero-order valence-corrected chi connectivity index (χ0v) is 21.0. The largest absolute Gasteiger partial charge is 0.507 e. The van der Waals surface area contributed by atoms with Crippen LogP contribution in [0.15, 0.2) is 51.2 Å². The summed E-state index contributed by atoms with van der Waals surface area (Å²) in [5, 5.41) is 10.3. The van der Waals surface area contributed by atoms with Crippen LogP contribution in [0.2, 0.25) is 10.2 Å². The number of thiazole rings is 1. The van der Waals surface area contributed by atoms with Crippen LogP contribution in [-0.2, 0) is 11.2 Å². The van der Waals surface area contributed by atoms with E-state index in [1.165, 1.54) is 37.3 Å².